The third-order valence-electron chi connectivity index (χ3n) is 3.55. The van der Waals surface area contributed by atoms with Gasteiger partial charge in [0, 0.05) is 18.6 Å². The van der Waals surface area contributed by atoms with E-state index in [0.717, 1.165) is 19.3 Å². The van der Waals surface area contributed by atoms with Gasteiger partial charge in [-0.2, -0.15) is 13.6 Å². The maximum Gasteiger partial charge on any atom is 0.572 e. The Kier molecular flexibility index (Phi) is 12.4. The average Bonchev–Trinajstić information content (AvgIpc) is 2.72. The second-order valence-electron chi connectivity index (χ2n) is 6.21. The molecule has 0 aromatic heterocycles. The molecule has 2 unspecified atom stereocenters. The molecule has 0 bridgehead atoms. The van der Waals surface area contributed by atoms with Gasteiger partial charge in [0.15, 0.2) is 6.23 Å². The van der Waals surface area contributed by atoms with Gasteiger partial charge >= 0.3 is 8.09 Å². The molecule has 0 radical (unpaired) electrons. The van der Waals surface area contributed by atoms with Gasteiger partial charge in [-0.3, -0.25) is 10.1 Å². The highest BCUT2D eigenvalue weighted by Crippen LogP contribution is 2.64. The van der Waals surface area contributed by atoms with Gasteiger partial charge in [0.2, 0.25) is 0 Å². The van der Waals surface area contributed by atoms with Crippen LogP contribution in [0.4, 0.5) is 5.69 Å². The Hall–Kier alpha value is -1.22. The Morgan fingerprint density at radius 3 is 1.97 bits per heavy atom. The molecule has 11 heteroatoms. The quantitative estimate of drug-likeness (QED) is 0.115. The predicted molar refractivity (Wildman–Crippen MR) is 113 cm³/mol. The summed E-state index contributed by atoms with van der Waals surface area (Å²) in [7, 11) is -3.05. The van der Waals surface area contributed by atoms with Crippen LogP contribution in [0.25, 0.3) is 0 Å². The summed E-state index contributed by atoms with van der Waals surface area (Å²) in [6.07, 6.45) is 1.14. The van der Waals surface area contributed by atoms with Crippen LogP contribution in [0.5, 0.6) is 0 Å². The van der Waals surface area contributed by atoms with Crippen LogP contribution in [-0.4, -0.2) is 36.1 Å². The largest absolute Gasteiger partial charge is 0.572 e. The monoisotopic (exact) mass is 450 g/mol. The lowest BCUT2D eigenvalue weighted by atomic mass is 10.1. The van der Waals surface area contributed by atoms with Crippen LogP contribution >= 0.6 is 19.7 Å². The third kappa shape index (κ3) is 9.42. The standard InChI is InChI=1S/C18H30ClN3O6P/c1-4-11-26-29(27-12-5-2,28-13-6-3)21-20-18(23)14-17(19)15-7-9-16(10-8-15)22(24)25/h7-10,17-18,23H,4-6,11-14H2,1-3H3/q+1. The first-order valence-corrected chi connectivity index (χ1v) is 11.6. The number of benzene rings is 1. The molecule has 0 fully saturated rings. The first kappa shape index (κ1) is 25.8. The number of hydrogen-bond acceptors (Lipinski definition) is 8. The van der Waals surface area contributed by atoms with Gasteiger partial charge in [-0.25, -0.2) is 0 Å². The normalized spacial score (nSPS) is 14.2. The van der Waals surface area contributed by atoms with Crippen LogP contribution in [0.2, 0.25) is 0 Å². The van der Waals surface area contributed by atoms with Crippen molar-refractivity contribution in [3.8, 4) is 0 Å². The van der Waals surface area contributed by atoms with Crippen molar-refractivity contribution in [1.29, 1.82) is 0 Å². The molecule has 0 spiro atoms. The number of nitrogens with zero attached hydrogens (tertiary/aromatic N) is 3. The zero-order valence-corrected chi connectivity index (χ0v) is 18.7. The smallest absolute Gasteiger partial charge is 0.370 e. The highest BCUT2D eigenvalue weighted by atomic mass is 35.5. The lowest BCUT2D eigenvalue weighted by Gasteiger charge is -2.16. The molecular formula is C18H30ClN3O6P+. The van der Waals surface area contributed by atoms with Crippen molar-refractivity contribution in [3.63, 3.8) is 0 Å². The minimum Gasteiger partial charge on any atom is -0.370 e. The lowest BCUT2D eigenvalue weighted by molar-refractivity contribution is -0.384. The molecule has 29 heavy (non-hydrogen) atoms. The van der Waals surface area contributed by atoms with E-state index in [1.165, 1.54) is 12.1 Å². The number of halogens is 1. The van der Waals surface area contributed by atoms with E-state index in [1.54, 1.807) is 12.1 Å². The molecular weight excluding hydrogens is 421 g/mol. The molecule has 0 aliphatic carbocycles. The molecule has 0 heterocycles. The molecule has 2 atom stereocenters. The van der Waals surface area contributed by atoms with Gasteiger partial charge in [0.05, 0.1) is 35.0 Å². The van der Waals surface area contributed by atoms with Crippen LogP contribution in [0.15, 0.2) is 34.3 Å². The van der Waals surface area contributed by atoms with Crippen LogP contribution in [-0.2, 0) is 13.6 Å². The Bertz CT molecular complexity index is 613. The zero-order valence-electron chi connectivity index (χ0n) is 17.1. The van der Waals surface area contributed by atoms with E-state index >= 15 is 0 Å². The van der Waals surface area contributed by atoms with Crippen molar-refractivity contribution >= 4 is 25.4 Å². The summed E-state index contributed by atoms with van der Waals surface area (Å²) >= 11 is 6.32. The molecule has 1 N–H and O–H groups in total. The van der Waals surface area contributed by atoms with Crippen LogP contribution in [0, 0.1) is 10.1 Å². The third-order valence-corrected chi connectivity index (χ3v) is 5.83. The summed E-state index contributed by atoms with van der Waals surface area (Å²) in [6.45, 7) is 7.08. The Labute approximate surface area is 177 Å². The van der Waals surface area contributed by atoms with E-state index in [1.807, 2.05) is 20.8 Å². The van der Waals surface area contributed by atoms with E-state index in [0.29, 0.717) is 25.4 Å². The highest BCUT2D eigenvalue weighted by molar-refractivity contribution is 7.59. The molecule has 0 saturated heterocycles. The van der Waals surface area contributed by atoms with E-state index in [2.05, 4.69) is 10.00 Å². The fourth-order valence-electron chi connectivity index (χ4n) is 2.11. The molecule has 0 amide bonds. The van der Waals surface area contributed by atoms with Gasteiger partial charge < -0.3 is 5.11 Å². The topological polar surface area (TPSA) is 116 Å². The average molecular weight is 451 g/mol. The molecule has 0 saturated carbocycles. The minimum atomic E-state index is -3.05. The lowest BCUT2D eigenvalue weighted by Crippen LogP contribution is -2.10. The van der Waals surface area contributed by atoms with E-state index in [-0.39, 0.29) is 12.1 Å². The van der Waals surface area contributed by atoms with Crippen molar-refractivity contribution < 1.29 is 23.6 Å². The van der Waals surface area contributed by atoms with Gasteiger partial charge in [0.1, 0.15) is 0 Å². The Morgan fingerprint density at radius 1 is 1.07 bits per heavy atom. The van der Waals surface area contributed by atoms with E-state index in [4.69, 9.17) is 25.2 Å². The molecule has 1 rings (SSSR count). The fraction of sp³-hybridized carbons (Fsp3) is 0.667. The van der Waals surface area contributed by atoms with E-state index in [9.17, 15) is 15.2 Å². The molecule has 0 aliphatic rings. The number of aliphatic hydroxyl groups excluding tert-OH is 1. The van der Waals surface area contributed by atoms with Crippen molar-refractivity contribution in [3.05, 3.63) is 39.9 Å². The molecule has 0 aliphatic heterocycles. The SMILES string of the molecule is CCCO[P+](N=NC(O)CC(Cl)c1ccc([N+](=O)[O-])cc1)(OCCC)OCCC. The van der Waals surface area contributed by atoms with Gasteiger partial charge in [-0.05, 0) is 24.8 Å². The second-order valence-corrected chi connectivity index (χ2v) is 8.62. The molecule has 1 aromatic rings. The molecule has 9 nitrogen and oxygen atoms in total. The second kappa shape index (κ2) is 13.9. The van der Waals surface area contributed by atoms with Crippen LogP contribution in [0.3, 0.4) is 0 Å². The first-order valence-electron chi connectivity index (χ1n) is 9.68. The predicted octanol–water partition coefficient (Wildman–Crippen LogP) is 5.99. The number of nitro groups is 1. The highest BCUT2D eigenvalue weighted by Gasteiger charge is 2.48. The molecule has 1 aromatic carbocycles. The zero-order chi connectivity index (χ0) is 21.7. The van der Waals surface area contributed by atoms with Gasteiger partial charge in [0.25, 0.3) is 5.69 Å². The summed E-state index contributed by atoms with van der Waals surface area (Å²) in [4.78, 5) is 14.4. The number of nitro benzene ring substituents is 1. The summed E-state index contributed by atoms with van der Waals surface area (Å²) < 4.78 is 17.3. The number of non-ortho nitro benzene ring substituents is 1. The Morgan fingerprint density at radius 2 is 1.55 bits per heavy atom. The van der Waals surface area contributed by atoms with E-state index < -0.39 is 24.6 Å². The summed E-state index contributed by atoms with van der Waals surface area (Å²) in [5.74, 6) is 0. The summed E-state index contributed by atoms with van der Waals surface area (Å²) in [5.41, 5.74) is 0.612. The molecule has 164 valence electrons. The number of alkyl halides is 1. The van der Waals surface area contributed by atoms with Crippen molar-refractivity contribution in [1.82, 2.24) is 0 Å². The van der Waals surface area contributed by atoms with Crippen LogP contribution in [0.1, 0.15) is 57.4 Å². The maximum absolute atomic E-state index is 10.7. The van der Waals surface area contributed by atoms with Crippen molar-refractivity contribution in [2.45, 2.75) is 58.1 Å². The summed E-state index contributed by atoms with van der Waals surface area (Å²) in [5, 5.41) is 24.3. The summed E-state index contributed by atoms with van der Waals surface area (Å²) in [6, 6.07) is 5.84. The van der Waals surface area contributed by atoms with Crippen molar-refractivity contribution in [2.24, 2.45) is 10.00 Å². The van der Waals surface area contributed by atoms with Crippen molar-refractivity contribution in [2.75, 3.05) is 19.8 Å². The number of hydrogen-bond donors (Lipinski definition) is 1. The van der Waals surface area contributed by atoms with Gasteiger partial charge in [-0.1, -0.05) is 32.9 Å². The number of aliphatic hydroxyl groups is 1. The number of rotatable bonds is 15. The fourth-order valence-corrected chi connectivity index (χ4v) is 4.27. The first-order chi connectivity index (χ1) is 13.9. The Balaban J connectivity index is 2.82. The minimum absolute atomic E-state index is 0.0262. The maximum atomic E-state index is 10.7. The van der Waals surface area contributed by atoms with Gasteiger partial charge in [-0.15, -0.1) is 16.7 Å². The van der Waals surface area contributed by atoms with Crippen LogP contribution < -0.4 is 0 Å².